The Morgan fingerprint density at radius 1 is 1.14 bits per heavy atom. The van der Waals surface area contributed by atoms with Crippen LogP contribution in [0.4, 0.5) is 0 Å². The van der Waals surface area contributed by atoms with Crippen molar-refractivity contribution in [3.8, 4) is 0 Å². The second kappa shape index (κ2) is 5.92. The zero-order chi connectivity index (χ0) is 14.5. The second-order valence-corrected chi connectivity index (χ2v) is 5.45. The van der Waals surface area contributed by atoms with Crippen LogP contribution in [-0.2, 0) is 10.2 Å². The predicted molar refractivity (Wildman–Crippen MR) is 83.6 cm³/mol. The molecule has 0 aliphatic heterocycles. The van der Waals surface area contributed by atoms with Crippen molar-refractivity contribution in [2.24, 2.45) is 0 Å². The van der Waals surface area contributed by atoms with Gasteiger partial charge in [-0.25, -0.2) is 0 Å². The van der Waals surface area contributed by atoms with Gasteiger partial charge in [0.15, 0.2) is 0 Å². The van der Waals surface area contributed by atoms with E-state index in [1.165, 1.54) is 5.56 Å². The number of aromatic nitrogens is 1. The van der Waals surface area contributed by atoms with E-state index in [0.29, 0.717) is 6.54 Å². The molecule has 1 aromatic carbocycles. The van der Waals surface area contributed by atoms with Crippen LogP contribution in [0.2, 0.25) is 0 Å². The number of carbonyl (C=O) groups excluding carboxylic acids is 1. The van der Waals surface area contributed by atoms with E-state index in [1.54, 1.807) is 18.3 Å². The van der Waals surface area contributed by atoms with E-state index in [4.69, 9.17) is 0 Å². The van der Waals surface area contributed by atoms with Gasteiger partial charge < -0.3 is 5.32 Å². The van der Waals surface area contributed by atoms with E-state index in [0.717, 1.165) is 18.5 Å². The van der Waals surface area contributed by atoms with Gasteiger partial charge in [0.25, 0.3) is 0 Å². The van der Waals surface area contributed by atoms with Gasteiger partial charge in [-0.2, -0.15) is 0 Å². The van der Waals surface area contributed by atoms with Gasteiger partial charge in [0.05, 0.1) is 5.69 Å². The number of carbonyl (C=O) groups is 1. The summed E-state index contributed by atoms with van der Waals surface area (Å²) in [5.41, 5.74) is 2.26. The van der Waals surface area contributed by atoms with Crippen molar-refractivity contribution < 1.29 is 4.79 Å². The number of hydrogen-bond donors (Lipinski definition) is 1. The topological polar surface area (TPSA) is 42.0 Å². The van der Waals surface area contributed by atoms with Gasteiger partial charge in [0, 0.05) is 24.2 Å². The molecule has 1 heterocycles. The third-order valence-corrected chi connectivity index (χ3v) is 3.93. The quantitative estimate of drug-likeness (QED) is 0.854. The fourth-order valence-corrected chi connectivity index (χ4v) is 2.46. The minimum absolute atomic E-state index is 0.0668. The van der Waals surface area contributed by atoms with Gasteiger partial charge in [-0.15, -0.1) is 0 Å². The van der Waals surface area contributed by atoms with Crippen LogP contribution in [0, 0.1) is 0 Å². The summed E-state index contributed by atoms with van der Waals surface area (Å²) in [4.78, 5) is 16.0. The van der Waals surface area contributed by atoms with Crippen molar-refractivity contribution in [3.63, 3.8) is 0 Å². The van der Waals surface area contributed by atoms with Crippen LogP contribution in [0.25, 0.3) is 6.08 Å². The molecule has 21 heavy (non-hydrogen) atoms. The number of hydrogen-bond acceptors (Lipinski definition) is 2. The van der Waals surface area contributed by atoms with Crippen LogP contribution in [0.1, 0.15) is 24.1 Å². The summed E-state index contributed by atoms with van der Waals surface area (Å²) >= 11 is 0. The zero-order valence-corrected chi connectivity index (χ0v) is 11.8. The zero-order valence-electron chi connectivity index (χ0n) is 11.8. The average Bonchev–Trinajstić information content (AvgIpc) is 3.34. The van der Waals surface area contributed by atoms with E-state index < -0.39 is 0 Å². The van der Waals surface area contributed by atoms with Crippen molar-refractivity contribution in [1.29, 1.82) is 0 Å². The summed E-state index contributed by atoms with van der Waals surface area (Å²) in [7, 11) is 0. The summed E-state index contributed by atoms with van der Waals surface area (Å²) < 4.78 is 0. The Bertz CT molecular complexity index is 631. The molecule has 2 aromatic rings. The van der Waals surface area contributed by atoms with Crippen LogP contribution in [0.15, 0.2) is 60.8 Å². The normalized spacial score (nSPS) is 15.8. The summed E-state index contributed by atoms with van der Waals surface area (Å²) in [5, 5.41) is 3.00. The van der Waals surface area contributed by atoms with E-state index in [9.17, 15) is 4.79 Å². The molecule has 0 spiro atoms. The molecule has 1 aromatic heterocycles. The molecule has 1 aliphatic rings. The molecule has 3 rings (SSSR count). The highest BCUT2D eigenvalue weighted by atomic mass is 16.1. The maximum absolute atomic E-state index is 11.9. The van der Waals surface area contributed by atoms with Crippen molar-refractivity contribution in [1.82, 2.24) is 10.3 Å². The van der Waals surface area contributed by atoms with Crippen LogP contribution in [0.3, 0.4) is 0 Å². The Kier molecular flexibility index (Phi) is 3.82. The Balaban J connectivity index is 1.56. The molecule has 1 amide bonds. The molecule has 1 saturated carbocycles. The van der Waals surface area contributed by atoms with Crippen LogP contribution in [0.5, 0.6) is 0 Å². The number of pyridine rings is 1. The number of rotatable bonds is 5. The van der Waals surface area contributed by atoms with E-state index in [2.05, 4.69) is 34.6 Å². The molecule has 3 heteroatoms. The SMILES string of the molecule is O=C(/C=C/c1ccccn1)NCC1(c2ccccc2)CC1. The Morgan fingerprint density at radius 3 is 2.57 bits per heavy atom. The van der Waals surface area contributed by atoms with Crippen LogP contribution < -0.4 is 5.32 Å². The molecule has 0 atom stereocenters. The fourth-order valence-electron chi connectivity index (χ4n) is 2.46. The van der Waals surface area contributed by atoms with Gasteiger partial charge in [-0.3, -0.25) is 9.78 Å². The maximum atomic E-state index is 11.9. The largest absolute Gasteiger partial charge is 0.352 e. The van der Waals surface area contributed by atoms with E-state index in [1.807, 2.05) is 24.3 Å². The predicted octanol–water partition coefficient (Wildman–Crippen LogP) is 2.94. The van der Waals surface area contributed by atoms with Crippen LogP contribution in [-0.4, -0.2) is 17.4 Å². The van der Waals surface area contributed by atoms with Gasteiger partial charge in [-0.05, 0) is 36.6 Å². The fraction of sp³-hybridized carbons (Fsp3) is 0.222. The first-order valence-electron chi connectivity index (χ1n) is 7.21. The first-order valence-corrected chi connectivity index (χ1v) is 7.21. The molecule has 3 nitrogen and oxygen atoms in total. The van der Waals surface area contributed by atoms with Gasteiger partial charge in [0.1, 0.15) is 0 Å². The van der Waals surface area contributed by atoms with Crippen molar-refractivity contribution in [2.75, 3.05) is 6.54 Å². The molecule has 0 saturated heterocycles. The maximum Gasteiger partial charge on any atom is 0.244 e. The Hall–Kier alpha value is -2.42. The van der Waals surface area contributed by atoms with Gasteiger partial charge >= 0.3 is 0 Å². The molecule has 1 aliphatic carbocycles. The molecule has 0 unspecified atom stereocenters. The van der Waals surface area contributed by atoms with Crippen molar-refractivity contribution in [3.05, 3.63) is 72.1 Å². The molecule has 0 bridgehead atoms. The third kappa shape index (κ3) is 3.37. The number of benzene rings is 1. The number of nitrogens with zero attached hydrogens (tertiary/aromatic N) is 1. The molecular formula is C18H18N2O. The third-order valence-electron chi connectivity index (χ3n) is 3.93. The second-order valence-electron chi connectivity index (χ2n) is 5.45. The van der Waals surface area contributed by atoms with Gasteiger partial charge in [-0.1, -0.05) is 36.4 Å². The lowest BCUT2D eigenvalue weighted by Gasteiger charge is -2.15. The minimum atomic E-state index is -0.0668. The summed E-state index contributed by atoms with van der Waals surface area (Å²) in [6.07, 6.45) is 7.27. The standard InChI is InChI=1S/C18H18N2O/c21-17(10-9-16-8-4-5-13-19-16)20-14-18(11-12-18)15-6-2-1-3-7-15/h1-10,13H,11-12,14H2,(H,20,21)/b10-9+. The summed E-state index contributed by atoms with van der Waals surface area (Å²) in [6.45, 7) is 0.697. The number of amides is 1. The highest BCUT2D eigenvalue weighted by Crippen LogP contribution is 2.47. The van der Waals surface area contributed by atoms with E-state index >= 15 is 0 Å². The first kappa shape index (κ1) is 13.6. The van der Waals surface area contributed by atoms with Crippen molar-refractivity contribution >= 4 is 12.0 Å². The lowest BCUT2D eigenvalue weighted by molar-refractivity contribution is -0.116. The van der Waals surface area contributed by atoms with Crippen molar-refractivity contribution in [2.45, 2.75) is 18.3 Å². The van der Waals surface area contributed by atoms with Gasteiger partial charge in [0.2, 0.25) is 5.91 Å². The minimum Gasteiger partial charge on any atom is -0.352 e. The number of nitrogens with one attached hydrogen (secondary N) is 1. The highest BCUT2D eigenvalue weighted by Gasteiger charge is 2.43. The lowest BCUT2D eigenvalue weighted by Crippen LogP contribution is -2.30. The molecule has 106 valence electrons. The summed E-state index contributed by atoms with van der Waals surface area (Å²) in [6, 6.07) is 16.0. The Labute approximate surface area is 124 Å². The lowest BCUT2D eigenvalue weighted by atomic mass is 9.96. The first-order chi connectivity index (χ1) is 10.3. The molecule has 0 radical (unpaired) electrons. The Morgan fingerprint density at radius 2 is 1.90 bits per heavy atom. The summed E-state index contributed by atoms with van der Waals surface area (Å²) in [5.74, 6) is -0.0668. The van der Waals surface area contributed by atoms with E-state index in [-0.39, 0.29) is 11.3 Å². The molecule has 1 N–H and O–H groups in total. The monoisotopic (exact) mass is 278 g/mol. The smallest absolute Gasteiger partial charge is 0.244 e. The average molecular weight is 278 g/mol. The molecule has 1 fully saturated rings. The van der Waals surface area contributed by atoms with Crippen LogP contribution >= 0.6 is 0 Å². The highest BCUT2D eigenvalue weighted by molar-refractivity contribution is 5.91. The molecular weight excluding hydrogens is 260 g/mol.